The molecule has 0 saturated heterocycles. The van der Waals surface area contributed by atoms with E-state index in [0.29, 0.717) is 46.9 Å². The molecule has 1 amide bonds. The number of halogens is 2. The number of anilines is 1. The molecule has 0 radical (unpaired) electrons. The summed E-state index contributed by atoms with van der Waals surface area (Å²) in [4.78, 5) is 14.3. The van der Waals surface area contributed by atoms with Crippen LogP contribution < -0.4 is 14.8 Å². The highest BCUT2D eigenvalue weighted by Crippen LogP contribution is 2.27. The molecule has 0 aliphatic rings. The average molecular weight is 397 g/mol. The van der Waals surface area contributed by atoms with Crippen LogP contribution in [-0.2, 0) is 4.79 Å². The van der Waals surface area contributed by atoms with E-state index in [9.17, 15) is 4.79 Å². The Morgan fingerprint density at radius 2 is 1.92 bits per heavy atom. The number of hydrogen-bond donors (Lipinski definition) is 1. The fourth-order valence-corrected chi connectivity index (χ4v) is 2.70. The molecule has 0 aliphatic carbocycles. The van der Waals surface area contributed by atoms with Crippen LogP contribution >= 0.6 is 23.2 Å². The van der Waals surface area contributed by atoms with E-state index < -0.39 is 0 Å². The molecule has 2 aromatic carbocycles. The van der Waals surface area contributed by atoms with Crippen LogP contribution in [-0.4, -0.2) is 44.2 Å². The van der Waals surface area contributed by atoms with Crippen molar-refractivity contribution in [2.24, 2.45) is 0 Å². The lowest BCUT2D eigenvalue weighted by Crippen LogP contribution is -2.36. The molecule has 0 atom stereocenters. The third-order valence-electron chi connectivity index (χ3n) is 3.75. The molecule has 2 rings (SSSR count). The molecule has 7 heteroatoms. The molecule has 0 spiro atoms. The second kappa shape index (κ2) is 10.3. The summed E-state index contributed by atoms with van der Waals surface area (Å²) in [7, 11) is 1.57. The fourth-order valence-electron chi connectivity index (χ4n) is 2.36. The van der Waals surface area contributed by atoms with E-state index in [-0.39, 0.29) is 12.5 Å². The number of ether oxygens (including phenoxy) is 2. The van der Waals surface area contributed by atoms with E-state index in [2.05, 4.69) is 5.32 Å². The van der Waals surface area contributed by atoms with Crippen LogP contribution in [0.25, 0.3) is 0 Å². The van der Waals surface area contributed by atoms with Gasteiger partial charge in [0.15, 0.2) is 0 Å². The van der Waals surface area contributed by atoms with E-state index in [1.165, 1.54) is 0 Å². The summed E-state index contributed by atoms with van der Waals surface area (Å²) in [5.41, 5.74) is 0.651. The van der Waals surface area contributed by atoms with E-state index in [4.69, 9.17) is 32.7 Å². The smallest absolute Gasteiger partial charge is 0.238 e. The summed E-state index contributed by atoms with van der Waals surface area (Å²) in [5.74, 6) is 1.05. The van der Waals surface area contributed by atoms with Gasteiger partial charge >= 0.3 is 0 Å². The first kappa shape index (κ1) is 20.4. The van der Waals surface area contributed by atoms with Gasteiger partial charge in [-0.05, 0) is 30.8 Å². The molecular weight excluding hydrogens is 375 g/mol. The minimum Gasteiger partial charge on any atom is -0.495 e. The lowest BCUT2D eigenvalue weighted by molar-refractivity contribution is -0.117. The maximum Gasteiger partial charge on any atom is 0.238 e. The molecule has 1 N–H and O–H groups in total. The highest BCUT2D eigenvalue weighted by Gasteiger charge is 2.12. The molecule has 0 fully saturated rings. The van der Waals surface area contributed by atoms with E-state index in [1.807, 2.05) is 24.0 Å². The van der Waals surface area contributed by atoms with Crippen molar-refractivity contribution in [3.8, 4) is 11.5 Å². The second-order valence-corrected chi connectivity index (χ2v) is 6.38. The monoisotopic (exact) mass is 396 g/mol. The van der Waals surface area contributed by atoms with E-state index >= 15 is 0 Å². The Hall–Kier alpha value is -1.95. The lowest BCUT2D eigenvalue weighted by Gasteiger charge is -2.20. The quantitative estimate of drug-likeness (QED) is 0.684. The van der Waals surface area contributed by atoms with Gasteiger partial charge in [0.1, 0.15) is 18.1 Å². The molecule has 2 aromatic rings. The number of likely N-dealkylation sites (N-methyl/N-ethyl adjacent to an activating group) is 1. The van der Waals surface area contributed by atoms with Crippen molar-refractivity contribution in [1.29, 1.82) is 0 Å². The SMILES string of the molecule is CCN(CCOc1cc(Cl)ccc1Cl)CC(=O)Nc1ccccc1OC. The number of rotatable bonds is 9. The summed E-state index contributed by atoms with van der Waals surface area (Å²) in [6.45, 7) is 3.93. The molecule has 0 heterocycles. The minimum absolute atomic E-state index is 0.114. The van der Waals surface area contributed by atoms with Crippen molar-refractivity contribution < 1.29 is 14.3 Å². The Morgan fingerprint density at radius 3 is 2.65 bits per heavy atom. The van der Waals surface area contributed by atoms with Crippen LogP contribution in [0.2, 0.25) is 10.0 Å². The first-order valence-electron chi connectivity index (χ1n) is 8.26. The van der Waals surface area contributed by atoms with Crippen LogP contribution in [0.4, 0.5) is 5.69 Å². The Kier molecular flexibility index (Phi) is 8.04. The van der Waals surface area contributed by atoms with Crippen molar-refractivity contribution in [2.75, 3.05) is 38.7 Å². The number of carbonyl (C=O) groups excluding carboxylic acids is 1. The van der Waals surface area contributed by atoms with Gasteiger partial charge in [-0.2, -0.15) is 0 Å². The number of nitrogens with zero attached hydrogens (tertiary/aromatic N) is 1. The molecule has 0 aromatic heterocycles. The molecule has 0 bridgehead atoms. The topological polar surface area (TPSA) is 50.8 Å². The van der Waals surface area contributed by atoms with Gasteiger partial charge in [-0.1, -0.05) is 42.3 Å². The molecule has 140 valence electrons. The van der Waals surface area contributed by atoms with Gasteiger partial charge in [0.05, 0.1) is 24.4 Å². The van der Waals surface area contributed by atoms with Crippen molar-refractivity contribution in [1.82, 2.24) is 4.90 Å². The van der Waals surface area contributed by atoms with Gasteiger partial charge < -0.3 is 14.8 Å². The molecule has 0 unspecified atom stereocenters. The number of para-hydroxylation sites is 2. The molecule has 5 nitrogen and oxygen atoms in total. The minimum atomic E-state index is -0.114. The third-order valence-corrected chi connectivity index (χ3v) is 4.30. The highest BCUT2D eigenvalue weighted by atomic mass is 35.5. The van der Waals surface area contributed by atoms with Crippen LogP contribution in [0, 0.1) is 0 Å². The lowest BCUT2D eigenvalue weighted by atomic mass is 10.3. The van der Waals surface area contributed by atoms with Gasteiger partial charge in [0, 0.05) is 17.6 Å². The first-order chi connectivity index (χ1) is 12.5. The standard InChI is InChI=1S/C19H22Cl2N2O3/c1-3-23(10-11-26-18-12-14(20)8-9-15(18)21)13-19(24)22-16-6-4-5-7-17(16)25-2/h4-9,12H,3,10-11,13H2,1-2H3,(H,22,24). The van der Waals surface area contributed by atoms with Crippen molar-refractivity contribution in [3.05, 3.63) is 52.5 Å². The number of hydrogen-bond acceptors (Lipinski definition) is 4. The number of benzene rings is 2. The Bertz CT molecular complexity index is 740. The predicted molar refractivity (Wildman–Crippen MR) is 106 cm³/mol. The number of methoxy groups -OCH3 is 1. The second-order valence-electron chi connectivity index (χ2n) is 5.54. The predicted octanol–water partition coefficient (Wildman–Crippen LogP) is 4.34. The van der Waals surface area contributed by atoms with Crippen molar-refractivity contribution in [3.63, 3.8) is 0 Å². The zero-order valence-electron chi connectivity index (χ0n) is 14.8. The maximum atomic E-state index is 12.3. The normalized spacial score (nSPS) is 10.7. The fraction of sp³-hybridized carbons (Fsp3) is 0.316. The molecular formula is C19H22Cl2N2O3. The van der Waals surface area contributed by atoms with Gasteiger partial charge in [-0.25, -0.2) is 0 Å². The number of nitrogens with one attached hydrogen (secondary N) is 1. The van der Waals surface area contributed by atoms with Crippen LogP contribution in [0.1, 0.15) is 6.92 Å². The maximum absolute atomic E-state index is 12.3. The van der Waals surface area contributed by atoms with Crippen molar-refractivity contribution >= 4 is 34.8 Å². The Labute approximate surface area is 163 Å². The van der Waals surface area contributed by atoms with Gasteiger partial charge in [0.25, 0.3) is 0 Å². The summed E-state index contributed by atoms with van der Waals surface area (Å²) >= 11 is 12.0. The van der Waals surface area contributed by atoms with E-state index in [0.717, 1.165) is 0 Å². The zero-order valence-corrected chi connectivity index (χ0v) is 16.3. The average Bonchev–Trinajstić information content (AvgIpc) is 2.64. The summed E-state index contributed by atoms with van der Waals surface area (Å²) in [6.07, 6.45) is 0. The molecule has 26 heavy (non-hydrogen) atoms. The van der Waals surface area contributed by atoms with Crippen LogP contribution in [0.15, 0.2) is 42.5 Å². The first-order valence-corrected chi connectivity index (χ1v) is 9.02. The van der Waals surface area contributed by atoms with Gasteiger partial charge in [-0.3, -0.25) is 9.69 Å². The molecule has 0 aliphatic heterocycles. The van der Waals surface area contributed by atoms with E-state index in [1.54, 1.807) is 37.4 Å². The Balaban J connectivity index is 1.84. The van der Waals surface area contributed by atoms with Crippen molar-refractivity contribution in [2.45, 2.75) is 6.92 Å². The summed E-state index contributed by atoms with van der Waals surface area (Å²) in [6, 6.07) is 12.4. The number of amides is 1. The molecule has 0 saturated carbocycles. The third kappa shape index (κ3) is 6.09. The van der Waals surface area contributed by atoms with Crippen LogP contribution in [0.3, 0.4) is 0 Å². The largest absolute Gasteiger partial charge is 0.495 e. The summed E-state index contributed by atoms with van der Waals surface area (Å²) < 4.78 is 10.9. The number of carbonyl (C=O) groups is 1. The van der Waals surface area contributed by atoms with Gasteiger partial charge in [-0.15, -0.1) is 0 Å². The zero-order chi connectivity index (χ0) is 18.9. The van der Waals surface area contributed by atoms with Gasteiger partial charge in [0.2, 0.25) is 5.91 Å². The Morgan fingerprint density at radius 1 is 1.15 bits per heavy atom. The summed E-state index contributed by atoms with van der Waals surface area (Å²) in [5, 5.41) is 3.93. The van der Waals surface area contributed by atoms with Crippen LogP contribution in [0.5, 0.6) is 11.5 Å². The highest BCUT2D eigenvalue weighted by molar-refractivity contribution is 6.34.